The van der Waals surface area contributed by atoms with Gasteiger partial charge in [-0.15, -0.1) is 0 Å². The van der Waals surface area contributed by atoms with E-state index in [4.69, 9.17) is 0 Å². The number of amides is 1. The number of nitrogens with zero attached hydrogens (tertiary/aromatic N) is 1. The molecule has 0 aromatic heterocycles. The highest BCUT2D eigenvalue weighted by Gasteiger charge is 2.28. The molecule has 2 atom stereocenters. The van der Waals surface area contributed by atoms with E-state index in [0.29, 0.717) is 19.4 Å². The molecule has 1 heterocycles. The lowest BCUT2D eigenvalue weighted by molar-refractivity contribution is -0.140. The van der Waals surface area contributed by atoms with Crippen LogP contribution in [0.2, 0.25) is 0 Å². The SMILES string of the molecule is COC(=O)CCCCCCN1C(=O)CCC1C=C[C@@H](O)c1cccc(-c2ccccc2C)c1. The number of hydrogen-bond donors (Lipinski definition) is 1. The number of aryl methyl sites for hydroxylation is 1. The number of rotatable bonds is 11. The Kier molecular flexibility index (Phi) is 9.25. The first-order valence-corrected chi connectivity index (χ1v) is 11.9. The topological polar surface area (TPSA) is 66.8 Å². The first-order valence-electron chi connectivity index (χ1n) is 11.9. The molecule has 3 rings (SSSR count). The van der Waals surface area contributed by atoms with Crippen molar-refractivity contribution >= 4 is 11.9 Å². The minimum absolute atomic E-state index is 0.0294. The van der Waals surface area contributed by atoms with E-state index in [-0.39, 0.29) is 17.9 Å². The third-order valence-electron chi connectivity index (χ3n) is 6.33. The molecule has 0 spiro atoms. The van der Waals surface area contributed by atoms with Gasteiger partial charge in [-0.2, -0.15) is 0 Å². The average molecular weight is 450 g/mol. The maximum atomic E-state index is 12.3. The molecule has 0 bridgehead atoms. The maximum Gasteiger partial charge on any atom is 0.305 e. The first kappa shape index (κ1) is 24.7. The number of ether oxygens (including phenoxy) is 1. The van der Waals surface area contributed by atoms with Crippen LogP contribution in [-0.2, 0) is 14.3 Å². The van der Waals surface area contributed by atoms with Crippen LogP contribution in [0.1, 0.15) is 62.2 Å². The molecule has 33 heavy (non-hydrogen) atoms. The van der Waals surface area contributed by atoms with Crippen molar-refractivity contribution in [2.24, 2.45) is 0 Å². The van der Waals surface area contributed by atoms with E-state index in [1.807, 2.05) is 47.4 Å². The number of hydrogen-bond acceptors (Lipinski definition) is 4. The number of likely N-dealkylation sites (tertiary alicyclic amines) is 1. The fraction of sp³-hybridized carbons (Fsp3) is 0.429. The summed E-state index contributed by atoms with van der Waals surface area (Å²) in [5.74, 6) is 0.00756. The van der Waals surface area contributed by atoms with Gasteiger partial charge in [-0.1, -0.05) is 67.5 Å². The Balaban J connectivity index is 1.54. The van der Waals surface area contributed by atoms with Crippen molar-refractivity contribution in [1.82, 2.24) is 4.90 Å². The molecule has 5 heteroatoms. The number of carbonyl (C=O) groups is 2. The van der Waals surface area contributed by atoms with Crippen molar-refractivity contribution in [3.8, 4) is 11.1 Å². The lowest BCUT2D eigenvalue weighted by Crippen LogP contribution is -2.32. The number of methoxy groups -OCH3 is 1. The van der Waals surface area contributed by atoms with E-state index < -0.39 is 6.10 Å². The normalized spacial score (nSPS) is 17.0. The summed E-state index contributed by atoms with van der Waals surface area (Å²) in [4.78, 5) is 25.4. The molecule has 1 aliphatic rings. The van der Waals surface area contributed by atoms with Crippen LogP contribution in [0.15, 0.2) is 60.7 Å². The van der Waals surface area contributed by atoms with Crippen LogP contribution in [0.25, 0.3) is 11.1 Å². The van der Waals surface area contributed by atoms with Crippen LogP contribution >= 0.6 is 0 Å². The molecule has 1 amide bonds. The predicted molar refractivity (Wildman–Crippen MR) is 131 cm³/mol. The summed E-state index contributed by atoms with van der Waals surface area (Å²) in [6.07, 6.45) is 8.52. The highest BCUT2D eigenvalue weighted by Crippen LogP contribution is 2.27. The van der Waals surface area contributed by atoms with Crippen LogP contribution in [0.5, 0.6) is 0 Å². The molecule has 1 saturated heterocycles. The lowest BCUT2D eigenvalue weighted by atomic mass is 9.97. The molecular formula is C28H35NO4. The van der Waals surface area contributed by atoms with Gasteiger partial charge in [0.1, 0.15) is 0 Å². The Morgan fingerprint density at radius 2 is 1.94 bits per heavy atom. The lowest BCUT2D eigenvalue weighted by Gasteiger charge is -2.22. The highest BCUT2D eigenvalue weighted by molar-refractivity contribution is 5.79. The maximum absolute atomic E-state index is 12.3. The summed E-state index contributed by atoms with van der Waals surface area (Å²) in [5.41, 5.74) is 4.29. The zero-order valence-corrected chi connectivity index (χ0v) is 19.7. The largest absolute Gasteiger partial charge is 0.469 e. The number of unbranched alkanes of at least 4 members (excludes halogenated alkanes) is 3. The van der Waals surface area contributed by atoms with Gasteiger partial charge in [-0.25, -0.2) is 0 Å². The summed E-state index contributed by atoms with van der Waals surface area (Å²) < 4.78 is 4.66. The number of aliphatic hydroxyl groups is 1. The first-order chi connectivity index (χ1) is 16.0. The van der Waals surface area contributed by atoms with Crippen molar-refractivity contribution in [2.45, 2.75) is 64.0 Å². The van der Waals surface area contributed by atoms with Gasteiger partial charge in [0.2, 0.25) is 5.91 Å². The second-order valence-corrected chi connectivity index (χ2v) is 8.70. The van der Waals surface area contributed by atoms with Gasteiger partial charge in [0.05, 0.1) is 19.3 Å². The molecule has 176 valence electrons. The van der Waals surface area contributed by atoms with Crippen molar-refractivity contribution in [3.63, 3.8) is 0 Å². The molecular weight excluding hydrogens is 414 g/mol. The Morgan fingerprint density at radius 3 is 2.73 bits per heavy atom. The number of carbonyl (C=O) groups excluding carboxylic acids is 2. The van der Waals surface area contributed by atoms with Crippen LogP contribution < -0.4 is 0 Å². The monoisotopic (exact) mass is 449 g/mol. The van der Waals surface area contributed by atoms with Crippen LogP contribution in [0.4, 0.5) is 0 Å². The van der Waals surface area contributed by atoms with E-state index in [0.717, 1.165) is 48.8 Å². The number of aliphatic hydroxyl groups excluding tert-OH is 1. The molecule has 1 unspecified atom stereocenters. The number of esters is 1. The van der Waals surface area contributed by atoms with Crippen molar-refractivity contribution in [1.29, 1.82) is 0 Å². The second-order valence-electron chi connectivity index (χ2n) is 8.70. The standard InChI is InChI=1S/C28H35NO4/c1-21-10-6-7-13-25(21)22-11-9-12-23(20-22)26(30)17-15-24-16-18-27(31)29(24)19-8-4-3-5-14-28(32)33-2/h6-7,9-13,15,17,20,24,26,30H,3-5,8,14,16,18-19H2,1-2H3/t24?,26-/m1/s1. The van der Waals surface area contributed by atoms with Crippen LogP contribution in [0.3, 0.4) is 0 Å². The summed E-state index contributed by atoms with van der Waals surface area (Å²) in [5, 5.41) is 10.8. The minimum atomic E-state index is -0.718. The fourth-order valence-corrected chi connectivity index (χ4v) is 4.39. The molecule has 0 radical (unpaired) electrons. The van der Waals surface area contributed by atoms with Crippen LogP contribution in [0, 0.1) is 6.92 Å². The van der Waals surface area contributed by atoms with Gasteiger partial charge in [-0.3, -0.25) is 9.59 Å². The van der Waals surface area contributed by atoms with Crippen molar-refractivity contribution in [2.75, 3.05) is 13.7 Å². The molecule has 1 fully saturated rings. The zero-order chi connectivity index (χ0) is 23.6. The number of benzene rings is 2. The van der Waals surface area contributed by atoms with E-state index in [9.17, 15) is 14.7 Å². The summed E-state index contributed by atoms with van der Waals surface area (Å²) in [6.45, 7) is 2.80. The molecule has 0 saturated carbocycles. The molecule has 1 aliphatic heterocycles. The van der Waals surface area contributed by atoms with E-state index in [2.05, 4.69) is 29.9 Å². The van der Waals surface area contributed by atoms with Gasteiger partial charge in [0, 0.05) is 19.4 Å². The predicted octanol–water partition coefficient (Wildman–Crippen LogP) is 5.37. The molecule has 0 aliphatic carbocycles. The third-order valence-corrected chi connectivity index (χ3v) is 6.33. The Morgan fingerprint density at radius 1 is 1.15 bits per heavy atom. The van der Waals surface area contributed by atoms with E-state index >= 15 is 0 Å². The summed E-state index contributed by atoms with van der Waals surface area (Å²) >= 11 is 0. The Labute approximate surface area is 197 Å². The zero-order valence-electron chi connectivity index (χ0n) is 19.7. The smallest absolute Gasteiger partial charge is 0.305 e. The van der Waals surface area contributed by atoms with Gasteiger partial charge < -0.3 is 14.7 Å². The highest BCUT2D eigenvalue weighted by atomic mass is 16.5. The Hall–Kier alpha value is -2.92. The summed E-state index contributed by atoms with van der Waals surface area (Å²) in [6, 6.07) is 16.3. The van der Waals surface area contributed by atoms with Gasteiger partial charge in [0.25, 0.3) is 0 Å². The van der Waals surface area contributed by atoms with Crippen LogP contribution in [-0.4, -0.2) is 41.6 Å². The minimum Gasteiger partial charge on any atom is -0.469 e. The van der Waals surface area contributed by atoms with Crippen molar-refractivity contribution < 1.29 is 19.4 Å². The second kappa shape index (κ2) is 12.4. The van der Waals surface area contributed by atoms with Gasteiger partial charge in [0.15, 0.2) is 0 Å². The molecule has 2 aromatic carbocycles. The molecule has 2 aromatic rings. The molecule has 1 N–H and O–H groups in total. The van der Waals surface area contributed by atoms with Crippen molar-refractivity contribution in [3.05, 3.63) is 71.8 Å². The fourth-order valence-electron chi connectivity index (χ4n) is 4.39. The van der Waals surface area contributed by atoms with E-state index in [1.54, 1.807) is 0 Å². The third kappa shape index (κ3) is 7.03. The quantitative estimate of drug-likeness (QED) is 0.285. The van der Waals surface area contributed by atoms with Gasteiger partial charge in [-0.05, 0) is 54.5 Å². The Bertz CT molecular complexity index is 968. The van der Waals surface area contributed by atoms with E-state index in [1.165, 1.54) is 12.7 Å². The average Bonchev–Trinajstić information content (AvgIpc) is 3.19. The van der Waals surface area contributed by atoms with Gasteiger partial charge >= 0.3 is 5.97 Å². The summed E-state index contributed by atoms with van der Waals surface area (Å²) in [7, 11) is 1.41. The molecule has 5 nitrogen and oxygen atoms in total.